The molecule has 0 aliphatic heterocycles. The molecule has 19 heavy (non-hydrogen) atoms. The van der Waals surface area contributed by atoms with Gasteiger partial charge in [-0.1, -0.05) is 0 Å². The fourth-order valence-corrected chi connectivity index (χ4v) is 2.50. The molecule has 98 valence electrons. The van der Waals surface area contributed by atoms with Gasteiger partial charge in [-0.2, -0.15) is 0 Å². The molecule has 5 nitrogen and oxygen atoms in total. The summed E-state index contributed by atoms with van der Waals surface area (Å²) in [6.45, 7) is 3.65. The first-order valence-electron chi connectivity index (χ1n) is 5.39. The van der Waals surface area contributed by atoms with Gasteiger partial charge in [0.25, 0.3) is 5.69 Å². The molecular formula is C12H10FN3O2S. The lowest BCUT2D eigenvalue weighted by molar-refractivity contribution is -0.385. The van der Waals surface area contributed by atoms with Crippen LogP contribution >= 0.6 is 11.8 Å². The van der Waals surface area contributed by atoms with E-state index in [4.69, 9.17) is 0 Å². The van der Waals surface area contributed by atoms with Crippen LogP contribution in [0.5, 0.6) is 0 Å². The van der Waals surface area contributed by atoms with Crippen LogP contribution in [0.2, 0.25) is 0 Å². The predicted octanol–water partition coefficient (Wildman–Crippen LogP) is 3.29. The van der Waals surface area contributed by atoms with E-state index in [1.54, 1.807) is 0 Å². The van der Waals surface area contributed by atoms with Crippen molar-refractivity contribution in [2.45, 2.75) is 23.9 Å². The normalized spacial score (nSPS) is 10.5. The maximum absolute atomic E-state index is 13.3. The van der Waals surface area contributed by atoms with E-state index in [0.29, 0.717) is 10.1 Å². The van der Waals surface area contributed by atoms with Gasteiger partial charge in [0.2, 0.25) is 0 Å². The Morgan fingerprint density at radius 1 is 1.16 bits per heavy atom. The third kappa shape index (κ3) is 3.47. The summed E-state index contributed by atoms with van der Waals surface area (Å²) in [5, 5.41) is 11.1. The molecular weight excluding hydrogens is 269 g/mol. The van der Waals surface area contributed by atoms with Gasteiger partial charge in [0.1, 0.15) is 5.82 Å². The van der Waals surface area contributed by atoms with E-state index < -0.39 is 10.7 Å². The van der Waals surface area contributed by atoms with E-state index in [-0.39, 0.29) is 5.69 Å². The summed E-state index contributed by atoms with van der Waals surface area (Å²) >= 11 is 1.09. The van der Waals surface area contributed by atoms with E-state index in [0.717, 1.165) is 29.2 Å². The maximum atomic E-state index is 13.3. The van der Waals surface area contributed by atoms with E-state index in [2.05, 4.69) is 9.97 Å². The number of hydrogen-bond donors (Lipinski definition) is 0. The number of rotatable bonds is 3. The average Bonchev–Trinajstić information content (AvgIpc) is 2.26. The minimum atomic E-state index is -0.652. The zero-order chi connectivity index (χ0) is 14.0. The first-order valence-corrected chi connectivity index (χ1v) is 6.21. The van der Waals surface area contributed by atoms with Crippen LogP contribution in [0.4, 0.5) is 10.1 Å². The zero-order valence-electron chi connectivity index (χ0n) is 10.3. The SMILES string of the molecule is Cc1cc(C)nc(Sc2cc(F)cc([N+](=O)[O-])c2)n1. The van der Waals surface area contributed by atoms with E-state index in [1.165, 1.54) is 12.1 Å². The Bertz CT molecular complexity index is 629. The van der Waals surface area contributed by atoms with Crippen molar-refractivity contribution in [1.29, 1.82) is 0 Å². The number of nitrogens with zero attached hydrogens (tertiary/aromatic N) is 3. The monoisotopic (exact) mass is 279 g/mol. The lowest BCUT2D eigenvalue weighted by atomic mass is 10.3. The first-order chi connectivity index (χ1) is 8.94. The highest BCUT2D eigenvalue weighted by Crippen LogP contribution is 2.29. The fourth-order valence-electron chi connectivity index (χ4n) is 1.56. The van der Waals surface area contributed by atoms with Gasteiger partial charge in [-0.15, -0.1) is 0 Å². The summed E-state index contributed by atoms with van der Waals surface area (Å²) in [6.07, 6.45) is 0. The molecule has 0 bridgehead atoms. The number of nitro benzene ring substituents is 1. The summed E-state index contributed by atoms with van der Waals surface area (Å²) in [6, 6.07) is 5.22. The third-order valence-corrected chi connectivity index (χ3v) is 3.07. The minimum absolute atomic E-state index is 0.285. The van der Waals surface area contributed by atoms with Gasteiger partial charge in [0, 0.05) is 22.3 Å². The molecule has 0 radical (unpaired) electrons. The minimum Gasteiger partial charge on any atom is -0.258 e. The van der Waals surface area contributed by atoms with Gasteiger partial charge in [-0.3, -0.25) is 10.1 Å². The van der Waals surface area contributed by atoms with Gasteiger partial charge in [-0.25, -0.2) is 14.4 Å². The molecule has 0 atom stereocenters. The molecule has 0 N–H and O–H groups in total. The number of benzene rings is 1. The quantitative estimate of drug-likeness (QED) is 0.490. The second kappa shape index (κ2) is 5.31. The van der Waals surface area contributed by atoms with Crippen molar-refractivity contribution < 1.29 is 9.31 Å². The van der Waals surface area contributed by atoms with Crippen molar-refractivity contribution >= 4 is 17.4 Å². The summed E-state index contributed by atoms with van der Waals surface area (Å²) in [5.41, 5.74) is 1.30. The summed E-state index contributed by atoms with van der Waals surface area (Å²) < 4.78 is 13.3. The van der Waals surface area contributed by atoms with Crippen molar-refractivity contribution in [3.63, 3.8) is 0 Å². The molecule has 2 rings (SSSR count). The lowest BCUT2D eigenvalue weighted by Crippen LogP contribution is -1.93. The average molecular weight is 279 g/mol. The molecule has 0 fully saturated rings. The lowest BCUT2D eigenvalue weighted by Gasteiger charge is -2.03. The second-order valence-corrected chi connectivity index (χ2v) is 4.98. The topological polar surface area (TPSA) is 68.9 Å². The molecule has 1 aromatic heterocycles. The number of aromatic nitrogens is 2. The largest absolute Gasteiger partial charge is 0.273 e. The number of aryl methyl sites for hydroxylation is 2. The van der Waals surface area contributed by atoms with Crippen molar-refractivity contribution in [1.82, 2.24) is 9.97 Å². The smallest absolute Gasteiger partial charge is 0.258 e. The number of halogens is 1. The van der Waals surface area contributed by atoms with Crippen LogP contribution < -0.4 is 0 Å². The Morgan fingerprint density at radius 2 is 1.79 bits per heavy atom. The summed E-state index contributed by atoms with van der Waals surface area (Å²) in [4.78, 5) is 18.8. The van der Waals surface area contributed by atoms with Crippen LogP contribution in [0, 0.1) is 29.8 Å². The van der Waals surface area contributed by atoms with Crippen LogP contribution in [0.1, 0.15) is 11.4 Å². The molecule has 0 aliphatic rings. The molecule has 0 amide bonds. The van der Waals surface area contributed by atoms with Crippen LogP contribution in [-0.2, 0) is 0 Å². The van der Waals surface area contributed by atoms with Crippen molar-refractivity contribution in [2.24, 2.45) is 0 Å². The Hall–Kier alpha value is -2.02. The van der Waals surface area contributed by atoms with Gasteiger partial charge >= 0.3 is 0 Å². The Kier molecular flexibility index (Phi) is 3.75. The molecule has 0 aliphatic carbocycles. The molecule has 7 heteroatoms. The van der Waals surface area contributed by atoms with Gasteiger partial charge in [-0.05, 0) is 37.7 Å². The Balaban J connectivity index is 2.35. The summed E-state index contributed by atoms with van der Waals surface area (Å²) in [5.74, 6) is -0.652. The first kappa shape index (κ1) is 13.4. The van der Waals surface area contributed by atoms with Crippen LogP contribution in [0.25, 0.3) is 0 Å². The maximum Gasteiger partial charge on any atom is 0.273 e. The Labute approximate surface area is 113 Å². The molecule has 0 unspecified atom stereocenters. The highest BCUT2D eigenvalue weighted by molar-refractivity contribution is 7.99. The molecule has 0 saturated carbocycles. The standard InChI is InChI=1S/C12H10FN3O2S/c1-7-3-8(2)15-12(14-7)19-11-5-9(13)4-10(6-11)16(17)18/h3-6H,1-2H3. The van der Waals surface area contributed by atoms with Crippen molar-refractivity contribution in [3.05, 3.63) is 51.6 Å². The van der Waals surface area contributed by atoms with Gasteiger partial charge in [0.15, 0.2) is 5.16 Å². The molecule has 1 heterocycles. The zero-order valence-corrected chi connectivity index (χ0v) is 11.1. The number of nitro groups is 1. The van der Waals surface area contributed by atoms with Crippen molar-refractivity contribution in [2.75, 3.05) is 0 Å². The third-order valence-electron chi connectivity index (χ3n) is 2.24. The van der Waals surface area contributed by atoms with Crippen LogP contribution in [-0.4, -0.2) is 14.9 Å². The van der Waals surface area contributed by atoms with Crippen LogP contribution in [0.15, 0.2) is 34.3 Å². The number of non-ortho nitro benzene ring substituents is 1. The van der Waals surface area contributed by atoms with Gasteiger partial charge in [0.05, 0.1) is 11.0 Å². The molecule has 1 aromatic carbocycles. The summed E-state index contributed by atoms with van der Waals surface area (Å²) in [7, 11) is 0. The van der Waals surface area contributed by atoms with E-state index in [9.17, 15) is 14.5 Å². The molecule has 0 saturated heterocycles. The van der Waals surface area contributed by atoms with Gasteiger partial charge < -0.3 is 0 Å². The second-order valence-electron chi connectivity index (χ2n) is 3.94. The molecule has 0 spiro atoms. The predicted molar refractivity (Wildman–Crippen MR) is 68.7 cm³/mol. The number of hydrogen-bond acceptors (Lipinski definition) is 5. The van der Waals surface area contributed by atoms with E-state index in [1.807, 2.05) is 19.9 Å². The highest BCUT2D eigenvalue weighted by atomic mass is 32.2. The fraction of sp³-hybridized carbons (Fsp3) is 0.167. The van der Waals surface area contributed by atoms with E-state index >= 15 is 0 Å². The Morgan fingerprint density at radius 3 is 2.37 bits per heavy atom. The van der Waals surface area contributed by atoms with Crippen LogP contribution in [0.3, 0.4) is 0 Å². The molecule has 2 aromatic rings. The highest BCUT2D eigenvalue weighted by Gasteiger charge is 2.12. The van der Waals surface area contributed by atoms with Crippen molar-refractivity contribution in [3.8, 4) is 0 Å².